The van der Waals surface area contributed by atoms with Crippen LogP contribution >= 0.6 is 0 Å². The van der Waals surface area contributed by atoms with Gasteiger partial charge in [0.15, 0.2) is 0 Å². The molecule has 0 bridgehead atoms. The van der Waals surface area contributed by atoms with Crippen LogP contribution in [0, 0.1) is 11.3 Å². The monoisotopic (exact) mass is 248 g/mol. The maximum absolute atomic E-state index is 9.44. The molecule has 1 rings (SSSR count). The molecule has 0 spiro atoms. The third-order valence-electron chi connectivity index (χ3n) is 2.94. The van der Waals surface area contributed by atoms with Crippen LogP contribution in [-0.2, 0) is 15.0 Å². The first kappa shape index (κ1) is 14.7. The fraction of sp³-hybridized carbons (Fsp3) is 0.500. The van der Waals surface area contributed by atoms with Gasteiger partial charge in [0.25, 0.3) is 0 Å². The number of nitrogens with zero attached hydrogens (tertiary/aromatic N) is 1. The second kappa shape index (κ2) is 7.83. The van der Waals surface area contributed by atoms with E-state index in [1.807, 2.05) is 30.3 Å². The van der Waals surface area contributed by atoms with Crippen molar-refractivity contribution in [2.45, 2.75) is 12.0 Å². The van der Waals surface area contributed by atoms with Crippen molar-refractivity contribution in [2.75, 3.05) is 34.0 Å². The van der Waals surface area contributed by atoms with Crippen LogP contribution in [0.3, 0.4) is 0 Å². The van der Waals surface area contributed by atoms with Crippen LogP contribution < -0.4 is 5.32 Å². The zero-order valence-corrected chi connectivity index (χ0v) is 11.0. The topological polar surface area (TPSA) is 54.3 Å². The fourth-order valence-corrected chi connectivity index (χ4v) is 1.78. The van der Waals surface area contributed by atoms with E-state index >= 15 is 0 Å². The summed E-state index contributed by atoms with van der Waals surface area (Å²) < 4.78 is 10.3. The van der Waals surface area contributed by atoms with Gasteiger partial charge in [-0.1, -0.05) is 30.3 Å². The highest BCUT2D eigenvalue weighted by Crippen LogP contribution is 2.23. The fourth-order valence-electron chi connectivity index (χ4n) is 1.78. The van der Waals surface area contributed by atoms with E-state index in [0.717, 1.165) is 5.56 Å². The van der Waals surface area contributed by atoms with Crippen LogP contribution in [-0.4, -0.2) is 34.0 Å². The van der Waals surface area contributed by atoms with Crippen LogP contribution in [0.25, 0.3) is 0 Å². The van der Waals surface area contributed by atoms with Crippen molar-refractivity contribution in [1.82, 2.24) is 5.32 Å². The molecule has 0 aromatic heterocycles. The van der Waals surface area contributed by atoms with Crippen LogP contribution in [0.5, 0.6) is 0 Å². The van der Waals surface area contributed by atoms with Crippen molar-refractivity contribution < 1.29 is 9.47 Å². The van der Waals surface area contributed by atoms with Crippen molar-refractivity contribution in [3.8, 4) is 6.07 Å². The summed E-state index contributed by atoms with van der Waals surface area (Å²) in [4.78, 5) is 0. The molecule has 4 heteroatoms. The second-order valence-electron chi connectivity index (χ2n) is 3.99. The highest BCUT2D eigenvalue weighted by Gasteiger charge is 2.29. The first-order valence-electron chi connectivity index (χ1n) is 6.01. The Bertz CT molecular complexity index is 375. The lowest BCUT2D eigenvalue weighted by molar-refractivity contribution is 0.0623. The molecular formula is C14H20N2O2. The summed E-state index contributed by atoms with van der Waals surface area (Å²) >= 11 is 0. The van der Waals surface area contributed by atoms with Gasteiger partial charge in [-0.05, 0) is 12.6 Å². The van der Waals surface area contributed by atoms with Crippen LogP contribution in [0.2, 0.25) is 0 Å². The number of rotatable bonds is 8. The number of ether oxygens (including phenoxy) is 2. The van der Waals surface area contributed by atoms with Gasteiger partial charge in [0.05, 0.1) is 19.3 Å². The molecule has 0 aliphatic carbocycles. The van der Waals surface area contributed by atoms with Gasteiger partial charge in [0.1, 0.15) is 5.54 Å². The lowest BCUT2D eigenvalue weighted by Crippen LogP contribution is -2.39. The third kappa shape index (κ3) is 3.81. The lowest BCUT2D eigenvalue weighted by Gasteiger charge is -2.26. The van der Waals surface area contributed by atoms with E-state index in [2.05, 4.69) is 11.4 Å². The third-order valence-corrected chi connectivity index (χ3v) is 2.94. The standard InChI is InChI=1S/C14H20N2O2/c1-16-14(12-15,8-9-18-11-10-17-2)13-6-4-3-5-7-13/h3-7,16H,8-11H2,1-2H3. The minimum atomic E-state index is -0.686. The zero-order valence-electron chi connectivity index (χ0n) is 11.0. The number of hydrogen-bond acceptors (Lipinski definition) is 4. The smallest absolute Gasteiger partial charge is 0.134 e. The molecule has 0 radical (unpaired) electrons. The average Bonchev–Trinajstić information content (AvgIpc) is 2.44. The molecule has 1 aromatic rings. The van der Waals surface area contributed by atoms with E-state index in [4.69, 9.17) is 9.47 Å². The Hall–Kier alpha value is -1.41. The van der Waals surface area contributed by atoms with Gasteiger partial charge < -0.3 is 9.47 Å². The van der Waals surface area contributed by atoms with Gasteiger partial charge in [-0.2, -0.15) is 5.26 Å². The van der Waals surface area contributed by atoms with E-state index in [1.54, 1.807) is 14.2 Å². The Morgan fingerprint density at radius 3 is 2.50 bits per heavy atom. The molecule has 0 aliphatic rings. The second-order valence-corrected chi connectivity index (χ2v) is 3.99. The Morgan fingerprint density at radius 2 is 1.94 bits per heavy atom. The lowest BCUT2D eigenvalue weighted by atomic mass is 9.88. The summed E-state index contributed by atoms with van der Waals surface area (Å²) in [5.74, 6) is 0. The van der Waals surface area contributed by atoms with Crippen LogP contribution in [0.1, 0.15) is 12.0 Å². The molecule has 98 valence electrons. The van der Waals surface area contributed by atoms with Crippen molar-refractivity contribution in [1.29, 1.82) is 5.26 Å². The van der Waals surface area contributed by atoms with Crippen molar-refractivity contribution >= 4 is 0 Å². The Labute approximate surface area is 109 Å². The first-order valence-corrected chi connectivity index (χ1v) is 6.01. The van der Waals surface area contributed by atoms with Gasteiger partial charge in [-0.15, -0.1) is 0 Å². The molecule has 1 atom stereocenters. The van der Waals surface area contributed by atoms with Crippen LogP contribution in [0.15, 0.2) is 30.3 Å². The van der Waals surface area contributed by atoms with E-state index in [9.17, 15) is 5.26 Å². The molecule has 1 aromatic carbocycles. The highest BCUT2D eigenvalue weighted by atomic mass is 16.5. The van der Waals surface area contributed by atoms with Crippen molar-refractivity contribution in [3.05, 3.63) is 35.9 Å². The van der Waals surface area contributed by atoms with Gasteiger partial charge in [0, 0.05) is 20.1 Å². The summed E-state index contributed by atoms with van der Waals surface area (Å²) in [5.41, 5.74) is 0.277. The summed E-state index contributed by atoms with van der Waals surface area (Å²) in [6.45, 7) is 1.65. The molecular weight excluding hydrogens is 228 g/mol. The van der Waals surface area contributed by atoms with E-state index < -0.39 is 5.54 Å². The number of hydrogen-bond donors (Lipinski definition) is 1. The summed E-state index contributed by atoms with van der Waals surface area (Å²) in [6.07, 6.45) is 0.605. The molecule has 0 amide bonds. The molecule has 0 saturated carbocycles. The largest absolute Gasteiger partial charge is 0.382 e. The zero-order chi connectivity index (χ0) is 13.3. The van der Waals surface area contributed by atoms with Gasteiger partial charge in [-0.3, -0.25) is 5.32 Å². The molecule has 4 nitrogen and oxygen atoms in total. The maximum Gasteiger partial charge on any atom is 0.134 e. The van der Waals surface area contributed by atoms with Crippen molar-refractivity contribution in [2.24, 2.45) is 0 Å². The Balaban J connectivity index is 2.62. The molecule has 1 unspecified atom stereocenters. The number of nitriles is 1. The minimum absolute atomic E-state index is 0.520. The number of nitrogens with one attached hydrogen (secondary N) is 1. The first-order chi connectivity index (χ1) is 8.79. The van der Waals surface area contributed by atoms with E-state index in [-0.39, 0.29) is 0 Å². The quantitative estimate of drug-likeness (QED) is 0.711. The Kier molecular flexibility index (Phi) is 6.37. The van der Waals surface area contributed by atoms with Crippen molar-refractivity contribution in [3.63, 3.8) is 0 Å². The van der Waals surface area contributed by atoms with Gasteiger partial charge in [-0.25, -0.2) is 0 Å². The molecule has 0 heterocycles. The molecule has 0 saturated heterocycles. The van der Waals surface area contributed by atoms with E-state index in [0.29, 0.717) is 26.2 Å². The highest BCUT2D eigenvalue weighted by molar-refractivity contribution is 5.31. The number of methoxy groups -OCH3 is 1. The predicted octanol–water partition coefficient (Wildman–Crippen LogP) is 1.68. The number of benzene rings is 1. The normalized spacial score (nSPS) is 13.8. The van der Waals surface area contributed by atoms with E-state index in [1.165, 1.54) is 0 Å². The summed E-state index contributed by atoms with van der Waals surface area (Å²) in [5, 5.41) is 12.5. The predicted molar refractivity (Wildman–Crippen MR) is 70.1 cm³/mol. The van der Waals surface area contributed by atoms with Gasteiger partial charge in [0.2, 0.25) is 0 Å². The molecule has 0 fully saturated rings. The van der Waals surface area contributed by atoms with Gasteiger partial charge >= 0.3 is 0 Å². The minimum Gasteiger partial charge on any atom is -0.382 e. The Morgan fingerprint density at radius 1 is 1.22 bits per heavy atom. The molecule has 18 heavy (non-hydrogen) atoms. The molecule has 1 N–H and O–H groups in total. The van der Waals surface area contributed by atoms with Crippen LogP contribution in [0.4, 0.5) is 0 Å². The molecule has 0 aliphatic heterocycles. The maximum atomic E-state index is 9.44. The SMILES string of the molecule is CNC(C#N)(CCOCCOC)c1ccccc1. The average molecular weight is 248 g/mol. The summed E-state index contributed by atoms with van der Waals surface area (Å²) in [6, 6.07) is 12.1. The summed E-state index contributed by atoms with van der Waals surface area (Å²) in [7, 11) is 3.44.